The molecule has 4 nitrogen and oxygen atoms in total. The van der Waals surface area contributed by atoms with Crippen LogP contribution in [-0.2, 0) is 6.54 Å². The number of pyridine rings is 1. The van der Waals surface area contributed by atoms with E-state index >= 15 is 0 Å². The first-order chi connectivity index (χ1) is 11.2. The van der Waals surface area contributed by atoms with Crippen LogP contribution in [0.4, 0.5) is 0 Å². The van der Waals surface area contributed by atoms with Crippen LogP contribution in [0, 0.1) is 0 Å². The van der Waals surface area contributed by atoms with E-state index in [4.69, 9.17) is 0 Å². The highest BCUT2D eigenvalue weighted by Gasteiger charge is 2.29. The minimum atomic E-state index is -0.455. The van der Waals surface area contributed by atoms with Crippen molar-refractivity contribution in [2.24, 2.45) is 0 Å². The third kappa shape index (κ3) is 5.27. The fraction of sp³-hybridized carbons (Fsp3) is 0.737. The number of aromatic nitrogens is 1. The summed E-state index contributed by atoms with van der Waals surface area (Å²) in [4.78, 5) is 6.70. The van der Waals surface area contributed by atoms with Gasteiger partial charge in [-0.2, -0.15) is 0 Å². The van der Waals surface area contributed by atoms with Crippen LogP contribution in [0.15, 0.2) is 24.5 Å². The smallest absolute Gasteiger partial charge is 0.0771 e. The average molecular weight is 317 g/mol. The maximum atomic E-state index is 10.7. The third-order valence-corrected chi connectivity index (χ3v) is 5.47. The second kappa shape index (κ2) is 8.22. The van der Waals surface area contributed by atoms with Gasteiger partial charge in [0.25, 0.3) is 0 Å². The fourth-order valence-electron chi connectivity index (χ4n) is 3.94. The van der Waals surface area contributed by atoms with Crippen molar-refractivity contribution < 1.29 is 5.11 Å². The van der Waals surface area contributed by atoms with Crippen molar-refractivity contribution in [3.63, 3.8) is 0 Å². The molecule has 0 aromatic carbocycles. The lowest BCUT2D eigenvalue weighted by atomic mass is 9.93. The fourth-order valence-corrected chi connectivity index (χ4v) is 3.94. The van der Waals surface area contributed by atoms with Gasteiger partial charge in [0, 0.05) is 31.5 Å². The lowest BCUT2D eigenvalue weighted by molar-refractivity contribution is 0.0202. The molecule has 1 saturated heterocycles. The van der Waals surface area contributed by atoms with Crippen molar-refractivity contribution in [2.75, 3.05) is 19.6 Å². The van der Waals surface area contributed by atoms with Gasteiger partial charge in [-0.15, -0.1) is 0 Å². The molecule has 0 atom stereocenters. The zero-order chi connectivity index (χ0) is 16.0. The van der Waals surface area contributed by atoms with Crippen LogP contribution in [0.5, 0.6) is 0 Å². The second-order valence-electron chi connectivity index (χ2n) is 7.43. The van der Waals surface area contributed by atoms with E-state index < -0.39 is 5.60 Å². The van der Waals surface area contributed by atoms with Gasteiger partial charge in [0.2, 0.25) is 0 Å². The molecule has 2 N–H and O–H groups in total. The first kappa shape index (κ1) is 16.9. The molecule has 0 amide bonds. The Balaban J connectivity index is 1.39. The number of nitrogens with zero attached hydrogens (tertiary/aromatic N) is 2. The van der Waals surface area contributed by atoms with Gasteiger partial charge in [0.15, 0.2) is 0 Å². The Labute approximate surface area is 140 Å². The molecule has 2 fully saturated rings. The van der Waals surface area contributed by atoms with E-state index in [2.05, 4.69) is 21.3 Å². The molecule has 128 valence electrons. The quantitative estimate of drug-likeness (QED) is 0.820. The van der Waals surface area contributed by atoms with Crippen LogP contribution in [0.2, 0.25) is 0 Å². The Morgan fingerprint density at radius 3 is 2.57 bits per heavy atom. The normalized spacial score (nSPS) is 23.5. The van der Waals surface area contributed by atoms with Gasteiger partial charge in [-0.25, -0.2) is 0 Å². The van der Waals surface area contributed by atoms with Crippen molar-refractivity contribution >= 4 is 0 Å². The van der Waals surface area contributed by atoms with E-state index in [0.717, 1.165) is 39.0 Å². The number of rotatable bonds is 5. The topological polar surface area (TPSA) is 48.4 Å². The van der Waals surface area contributed by atoms with Gasteiger partial charge in [-0.05, 0) is 50.4 Å². The molecule has 0 unspecified atom stereocenters. The lowest BCUT2D eigenvalue weighted by Crippen LogP contribution is -2.48. The number of aliphatic hydroxyl groups is 1. The molecule has 23 heavy (non-hydrogen) atoms. The predicted octanol–water partition coefficient (Wildman–Crippen LogP) is 2.72. The first-order valence-corrected chi connectivity index (χ1v) is 9.31. The highest BCUT2D eigenvalue weighted by molar-refractivity contribution is 5.08. The number of hydrogen-bond acceptors (Lipinski definition) is 4. The Morgan fingerprint density at radius 1 is 1.17 bits per heavy atom. The second-order valence-corrected chi connectivity index (χ2v) is 7.43. The number of likely N-dealkylation sites (tertiary alicyclic amines) is 1. The van der Waals surface area contributed by atoms with E-state index in [9.17, 15) is 5.11 Å². The predicted molar refractivity (Wildman–Crippen MR) is 93.2 cm³/mol. The molecule has 1 aliphatic heterocycles. The van der Waals surface area contributed by atoms with Crippen LogP contribution >= 0.6 is 0 Å². The van der Waals surface area contributed by atoms with Crippen molar-refractivity contribution in [2.45, 2.75) is 69.6 Å². The summed E-state index contributed by atoms with van der Waals surface area (Å²) in [7, 11) is 0. The standard InChI is InChI=1S/C19H31N3O/c23-19(9-3-1-2-4-10-19)16-21-18-7-12-22(13-8-18)15-17-6-5-11-20-14-17/h5-6,11,14,18,21,23H,1-4,7-10,12-13,15-16H2. The number of nitrogens with one attached hydrogen (secondary N) is 1. The highest BCUT2D eigenvalue weighted by atomic mass is 16.3. The molecule has 3 rings (SSSR count). The zero-order valence-electron chi connectivity index (χ0n) is 14.2. The summed E-state index contributed by atoms with van der Waals surface area (Å²) in [5, 5.41) is 14.4. The summed E-state index contributed by atoms with van der Waals surface area (Å²) in [5.74, 6) is 0. The van der Waals surface area contributed by atoms with Crippen LogP contribution in [0.3, 0.4) is 0 Å². The highest BCUT2D eigenvalue weighted by Crippen LogP contribution is 2.26. The van der Waals surface area contributed by atoms with Gasteiger partial charge in [0.1, 0.15) is 0 Å². The van der Waals surface area contributed by atoms with Crippen LogP contribution in [0.1, 0.15) is 56.9 Å². The summed E-state index contributed by atoms with van der Waals surface area (Å²) in [6.07, 6.45) is 13.0. The average Bonchev–Trinajstić information content (AvgIpc) is 2.80. The monoisotopic (exact) mass is 317 g/mol. The molecule has 0 bridgehead atoms. The van der Waals surface area contributed by atoms with E-state index in [1.807, 2.05) is 18.5 Å². The van der Waals surface area contributed by atoms with Gasteiger partial charge >= 0.3 is 0 Å². The molecular weight excluding hydrogens is 286 g/mol. The van der Waals surface area contributed by atoms with Crippen LogP contribution in [0.25, 0.3) is 0 Å². The maximum absolute atomic E-state index is 10.7. The summed E-state index contributed by atoms with van der Waals surface area (Å²) < 4.78 is 0. The van der Waals surface area contributed by atoms with Crippen molar-refractivity contribution in [1.29, 1.82) is 0 Å². The Kier molecular flexibility index (Phi) is 6.03. The third-order valence-electron chi connectivity index (χ3n) is 5.47. The zero-order valence-corrected chi connectivity index (χ0v) is 14.2. The van der Waals surface area contributed by atoms with Crippen molar-refractivity contribution in [3.05, 3.63) is 30.1 Å². The molecule has 0 radical (unpaired) electrons. The Bertz CT molecular complexity index is 449. The van der Waals surface area contributed by atoms with Crippen molar-refractivity contribution in [1.82, 2.24) is 15.2 Å². The SMILES string of the molecule is OC1(CNC2CCN(Cc3cccnc3)CC2)CCCCCC1. The molecule has 2 heterocycles. The lowest BCUT2D eigenvalue weighted by Gasteiger charge is -2.35. The van der Waals surface area contributed by atoms with E-state index in [1.165, 1.54) is 44.1 Å². The van der Waals surface area contributed by atoms with E-state index in [-0.39, 0.29) is 0 Å². The molecule has 1 aromatic heterocycles. The molecule has 4 heteroatoms. The maximum Gasteiger partial charge on any atom is 0.0771 e. The van der Waals surface area contributed by atoms with E-state index in [1.54, 1.807) is 0 Å². The number of piperidine rings is 1. The Morgan fingerprint density at radius 2 is 1.91 bits per heavy atom. The number of hydrogen-bond donors (Lipinski definition) is 2. The largest absolute Gasteiger partial charge is 0.389 e. The summed E-state index contributed by atoms with van der Waals surface area (Å²) in [6, 6.07) is 4.73. The summed E-state index contributed by atoms with van der Waals surface area (Å²) in [5.41, 5.74) is 0.843. The minimum absolute atomic E-state index is 0.455. The van der Waals surface area contributed by atoms with E-state index in [0.29, 0.717) is 6.04 Å². The Hall–Kier alpha value is -0.970. The molecule has 1 aromatic rings. The van der Waals surface area contributed by atoms with Gasteiger partial charge < -0.3 is 10.4 Å². The van der Waals surface area contributed by atoms with Crippen molar-refractivity contribution in [3.8, 4) is 0 Å². The minimum Gasteiger partial charge on any atom is -0.389 e. The molecule has 2 aliphatic rings. The van der Waals surface area contributed by atoms with Gasteiger partial charge in [-0.3, -0.25) is 9.88 Å². The molecule has 1 aliphatic carbocycles. The van der Waals surface area contributed by atoms with Crippen LogP contribution in [-0.4, -0.2) is 46.3 Å². The summed E-state index contributed by atoms with van der Waals surface area (Å²) in [6.45, 7) is 4.04. The molecular formula is C19H31N3O. The van der Waals surface area contributed by atoms with Crippen LogP contribution < -0.4 is 5.32 Å². The van der Waals surface area contributed by atoms with Gasteiger partial charge in [-0.1, -0.05) is 31.7 Å². The molecule has 0 spiro atoms. The molecule has 1 saturated carbocycles. The summed E-state index contributed by atoms with van der Waals surface area (Å²) >= 11 is 0. The first-order valence-electron chi connectivity index (χ1n) is 9.31. The van der Waals surface area contributed by atoms with Gasteiger partial charge in [0.05, 0.1) is 5.60 Å².